The van der Waals surface area contributed by atoms with Crippen molar-refractivity contribution in [1.82, 2.24) is 4.98 Å². The molecule has 0 fully saturated rings. The molecule has 0 spiro atoms. The van der Waals surface area contributed by atoms with Gasteiger partial charge in [-0.1, -0.05) is 0 Å². The average Bonchev–Trinajstić information content (AvgIpc) is 2.02. The molecule has 0 aliphatic rings. The third-order valence-corrected chi connectivity index (χ3v) is 1.29. The highest BCUT2D eigenvalue weighted by molar-refractivity contribution is 5.10. The number of aromatic nitrogens is 1. The highest BCUT2D eigenvalue weighted by Gasteiger charge is 2.11. The summed E-state index contributed by atoms with van der Waals surface area (Å²) in [4.78, 5) is 3.73. The van der Waals surface area contributed by atoms with Crippen molar-refractivity contribution < 1.29 is 9.13 Å². The fraction of sp³-hybridized carbons (Fsp3) is 0.444. The van der Waals surface area contributed by atoms with Crippen molar-refractivity contribution in [2.24, 2.45) is 5.73 Å². The zero-order valence-corrected chi connectivity index (χ0v) is 7.75. The molecule has 0 unspecified atom stereocenters. The van der Waals surface area contributed by atoms with Gasteiger partial charge in [-0.05, 0) is 19.9 Å². The van der Waals surface area contributed by atoms with Gasteiger partial charge < -0.3 is 10.5 Å². The Bertz CT molecular complexity index is 266. The van der Waals surface area contributed by atoms with Crippen molar-refractivity contribution in [2.45, 2.75) is 19.4 Å². The first-order valence-electron chi connectivity index (χ1n) is 4.01. The minimum absolute atomic E-state index is 0.353. The normalized spacial score (nSPS) is 11.4. The largest absolute Gasteiger partial charge is 0.476 e. The van der Waals surface area contributed by atoms with Crippen molar-refractivity contribution in [3.63, 3.8) is 0 Å². The lowest BCUT2D eigenvalue weighted by Gasteiger charge is -2.18. The van der Waals surface area contributed by atoms with Gasteiger partial charge in [-0.25, -0.2) is 9.37 Å². The van der Waals surface area contributed by atoms with Crippen LogP contribution in [0.15, 0.2) is 18.3 Å². The molecule has 3 nitrogen and oxygen atoms in total. The van der Waals surface area contributed by atoms with E-state index < -0.39 is 5.54 Å². The molecule has 0 aliphatic heterocycles. The summed E-state index contributed by atoms with van der Waals surface area (Å²) in [6.07, 6.45) is 1.11. The van der Waals surface area contributed by atoms with Crippen molar-refractivity contribution in [3.05, 3.63) is 24.1 Å². The van der Waals surface area contributed by atoms with Gasteiger partial charge in [0, 0.05) is 11.6 Å². The van der Waals surface area contributed by atoms with Crippen LogP contribution in [-0.2, 0) is 0 Å². The number of halogens is 1. The summed E-state index contributed by atoms with van der Waals surface area (Å²) in [5.41, 5.74) is 5.28. The molecule has 1 aromatic rings. The summed E-state index contributed by atoms with van der Waals surface area (Å²) in [7, 11) is 0. The molecule has 4 heteroatoms. The number of nitrogens with zero attached hydrogens (tertiary/aromatic N) is 1. The van der Waals surface area contributed by atoms with Crippen molar-refractivity contribution in [1.29, 1.82) is 0 Å². The van der Waals surface area contributed by atoms with E-state index in [1.165, 1.54) is 12.1 Å². The first-order chi connectivity index (χ1) is 5.97. The molecule has 13 heavy (non-hydrogen) atoms. The minimum atomic E-state index is -0.407. The average molecular weight is 184 g/mol. The molecule has 2 N–H and O–H groups in total. The van der Waals surface area contributed by atoms with Crippen LogP contribution in [-0.4, -0.2) is 17.1 Å². The molecule has 0 radical (unpaired) electrons. The zero-order valence-electron chi connectivity index (χ0n) is 7.75. The SMILES string of the molecule is CC(C)(N)COc1ccc(F)cn1. The monoisotopic (exact) mass is 184 g/mol. The van der Waals surface area contributed by atoms with E-state index >= 15 is 0 Å². The van der Waals surface area contributed by atoms with Gasteiger partial charge in [-0.2, -0.15) is 0 Å². The molecular weight excluding hydrogens is 171 g/mol. The van der Waals surface area contributed by atoms with Gasteiger partial charge in [0.15, 0.2) is 0 Å². The lowest BCUT2D eigenvalue weighted by atomic mass is 10.1. The number of hydrogen-bond donors (Lipinski definition) is 1. The van der Waals surface area contributed by atoms with E-state index in [0.717, 1.165) is 6.20 Å². The first kappa shape index (κ1) is 9.92. The minimum Gasteiger partial charge on any atom is -0.476 e. The fourth-order valence-electron chi connectivity index (χ4n) is 0.708. The molecule has 0 amide bonds. The summed E-state index contributed by atoms with van der Waals surface area (Å²) in [6, 6.07) is 2.77. The van der Waals surface area contributed by atoms with Crippen LogP contribution in [0, 0.1) is 5.82 Å². The Kier molecular flexibility index (Phi) is 2.83. The molecule has 0 aliphatic carbocycles. The number of nitrogens with two attached hydrogens (primary N) is 1. The highest BCUT2D eigenvalue weighted by atomic mass is 19.1. The van der Waals surface area contributed by atoms with Crippen LogP contribution in [0.3, 0.4) is 0 Å². The van der Waals surface area contributed by atoms with Crippen LogP contribution < -0.4 is 10.5 Å². The third kappa shape index (κ3) is 3.85. The van der Waals surface area contributed by atoms with E-state index in [9.17, 15) is 4.39 Å². The van der Waals surface area contributed by atoms with Crippen LogP contribution in [0.5, 0.6) is 5.88 Å². The predicted octanol–water partition coefficient (Wildman–Crippen LogP) is 1.34. The standard InChI is InChI=1S/C9H13FN2O/c1-9(2,11)6-13-8-4-3-7(10)5-12-8/h3-5H,6,11H2,1-2H3. The van der Waals surface area contributed by atoms with Gasteiger partial charge >= 0.3 is 0 Å². The van der Waals surface area contributed by atoms with E-state index in [4.69, 9.17) is 10.5 Å². The van der Waals surface area contributed by atoms with Gasteiger partial charge in [0.2, 0.25) is 5.88 Å². The number of hydrogen-bond acceptors (Lipinski definition) is 3. The van der Waals surface area contributed by atoms with E-state index in [0.29, 0.717) is 12.5 Å². The van der Waals surface area contributed by atoms with E-state index in [-0.39, 0.29) is 5.82 Å². The lowest BCUT2D eigenvalue weighted by molar-refractivity contribution is 0.235. The number of pyridine rings is 1. The van der Waals surface area contributed by atoms with Crippen LogP contribution in [0.2, 0.25) is 0 Å². The molecule has 72 valence electrons. The summed E-state index contributed by atoms with van der Waals surface area (Å²) in [5, 5.41) is 0. The second-order valence-corrected chi connectivity index (χ2v) is 3.59. The van der Waals surface area contributed by atoms with Crippen molar-refractivity contribution >= 4 is 0 Å². The van der Waals surface area contributed by atoms with Gasteiger partial charge in [0.1, 0.15) is 12.4 Å². The van der Waals surface area contributed by atoms with Gasteiger partial charge in [0.05, 0.1) is 6.20 Å². The zero-order chi connectivity index (χ0) is 9.90. The van der Waals surface area contributed by atoms with Gasteiger partial charge in [0.25, 0.3) is 0 Å². The Labute approximate surface area is 76.7 Å². The smallest absolute Gasteiger partial charge is 0.213 e. The summed E-state index contributed by atoms with van der Waals surface area (Å²) >= 11 is 0. The Balaban J connectivity index is 2.51. The van der Waals surface area contributed by atoms with Crippen LogP contribution in [0.1, 0.15) is 13.8 Å². The molecule has 1 aromatic heterocycles. The Morgan fingerprint density at radius 2 is 2.23 bits per heavy atom. The summed E-state index contributed by atoms with van der Waals surface area (Å²) in [5.74, 6) is 0.0132. The van der Waals surface area contributed by atoms with E-state index in [1.807, 2.05) is 13.8 Å². The molecule has 1 heterocycles. The highest BCUT2D eigenvalue weighted by Crippen LogP contribution is 2.08. The third-order valence-electron chi connectivity index (χ3n) is 1.29. The van der Waals surface area contributed by atoms with Crippen LogP contribution >= 0.6 is 0 Å². The molecule has 0 bridgehead atoms. The quantitative estimate of drug-likeness (QED) is 0.771. The van der Waals surface area contributed by atoms with Crippen LogP contribution in [0.4, 0.5) is 4.39 Å². The lowest BCUT2D eigenvalue weighted by Crippen LogP contribution is -2.38. The maximum absolute atomic E-state index is 12.4. The molecular formula is C9H13FN2O. The maximum atomic E-state index is 12.4. The van der Waals surface area contributed by atoms with E-state index in [2.05, 4.69) is 4.98 Å². The Hall–Kier alpha value is -1.16. The number of rotatable bonds is 3. The van der Waals surface area contributed by atoms with E-state index in [1.54, 1.807) is 0 Å². The second-order valence-electron chi connectivity index (χ2n) is 3.59. The maximum Gasteiger partial charge on any atom is 0.213 e. The van der Waals surface area contributed by atoms with Crippen LogP contribution in [0.25, 0.3) is 0 Å². The number of ether oxygens (including phenoxy) is 1. The Morgan fingerprint density at radius 1 is 1.54 bits per heavy atom. The van der Waals surface area contributed by atoms with Crippen molar-refractivity contribution in [2.75, 3.05) is 6.61 Å². The van der Waals surface area contributed by atoms with Gasteiger partial charge in [-0.15, -0.1) is 0 Å². The topological polar surface area (TPSA) is 48.1 Å². The van der Waals surface area contributed by atoms with Gasteiger partial charge in [-0.3, -0.25) is 0 Å². The predicted molar refractivity (Wildman–Crippen MR) is 48.0 cm³/mol. The molecule has 0 saturated carbocycles. The second kappa shape index (κ2) is 3.70. The summed E-state index contributed by atoms with van der Waals surface area (Å²) in [6.45, 7) is 4.04. The first-order valence-corrected chi connectivity index (χ1v) is 4.01. The Morgan fingerprint density at radius 3 is 2.69 bits per heavy atom. The molecule has 0 aromatic carbocycles. The molecule has 0 atom stereocenters. The van der Waals surface area contributed by atoms with Crippen molar-refractivity contribution in [3.8, 4) is 5.88 Å². The summed E-state index contributed by atoms with van der Waals surface area (Å²) < 4.78 is 17.6. The molecule has 0 saturated heterocycles. The fourth-order valence-corrected chi connectivity index (χ4v) is 0.708. The molecule has 1 rings (SSSR count).